The van der Waals surface area contributed by atoms with Crippen molar-refractivity contribution in [2.45, 2.75) is 43.1 Å². The molecule has 2 N–H and O–H groups in total. The van der Waals surface area contributed by atoms with Gasteiger partial charge in [-0.15, -0.1) is 0 Å². The van der Waals surface area contributed by atoms with Gasteiger partial charge in [0, 0.05) is 0 Å². The summed E-state index contributed by atoms with van der Waals surface area (Å²) in [4.78, 5) is 11.5. The fraction of sp³-hybridized carbons (Fsp3) is 0.462. The number of nitrogens with two attached hydrogens (primary N) is 1. The van der Waals surface area contributed by atoms with Crippen LogP contribution in [0.3, 0.4) is 0 Å². The predicted octanol–water partition coefficient (Wildman–Crippen LogP) is 2.62. The van der Waals surface area contributed by atoms with Crippen LogP contribution in [0.5, 0.6) is 0 Å². The zero-order valence-electron chi connectivity index (χ0n) is 11.1. The monoisotopic (exact) mass is 335 g/mol. The van der Waals surface area contributed by atoms with E-state index in [0.717, 1.165) is 38.2 Å². The highest BCUT2D eigenvalue weighted by Gasteiger charge is 2.24. The number of esters is 1. The smallest absolute Gasteiger partial charge is 0.340 e. The average molecular weight is 336 g/mol. The second-order valence-corrected chi connectivity index (χ2v) is 6.92. The summed E-state index contributed by atoms with van der Waals surface area (Å²) in [6, 6.07) is 1.61. The minimum absolute atomic E-state index is 0.247. The topological polar surface area (TPSA) is 86.5 Å². The van der Waals surface area contributed by atoms with Crippen LogP contribution in [0.4, 0.5) is 4.39 Å². The first-order valence-electron chi connectivity index (χ1n) is 6.52. The molecule has 0 unspecified atom stereocenters. The number of benzene rings is 1. The summed E-state index contributed by atoms with van der Waals surface area (Å²) >= 11 is 5.72. The fourth-order valence-corrected chi connectivity index (χ4v) is 3.01. The van der Waals surface area contributed by atoms with E-state index in [1.807, 2.05) is 0 Å². The van der Waals surface area contributed by atoms with Gasteiger partial charge >= 0.3 is 5.97 Å². The minimum atomic E-state index is -4.14. The van der Waals surface area contributed by atoms with Crippen LogP contribution < -0.4 is 5.14 Å². The highest BCUT2D eigenvalue weighted by Crippen LogP contribution is 2.27. The zero-order valence-corrected chi connectivity index (χ0v) is 12.7. The highest BCUT2D eigenvalue weighted by atomic mass is 35.5. The van der Waals surface area contributed by atoms with E-state index in [0.29, 0.717) is 6.07 Å². The van der Waals surface area contributed by atoms with E-state index in [1.54, 1.807) is 0 Å². The molecule has 0 saturated heterocycles. The van der Waals surface area contributed by atoms with Crippen molar-refractivity contribution in [3.63, 3.8) is 0 Å². The van der Waals surface area contributed by atoms with Crippen molar-refractivity contribution in [1.82, 2.24) is 0 Å². The standard InChI is InChI=1S/C13H15ClFNO4S/c14-12-10(6-9(7-11(12)15)21(16,18)19)13(17)20-8-4-2-1-3-5-8/h6-8H,1-5H2,(H2,16,18,19). The van der Waals surface area contributed by atoms with Crippen molar-refractivity contribution in [1.29, 1.82) is 0 Å². The number of sulfonamides is 1. The average Bonchev–Trinajstić information content (AvgIpc) is 2.41. The van der Waals surface area contributed by atoms with Gasteiger partial charge in [0.1, 0.15) is 11.9 Å². The number of rotatable bonds is 3. The van der Waals surface area contributed by atoms with Gasteiger partial charge in [-0.25, -0.2) is 22.7 Å². The molecule has 0 bridgehead atoms. The summed E-state index contributed by atoms with van der Waals surface area (Å²) in [6.07, 6.45) is 4.23. The second kappa shape index (κ2) is 6.29. The third kappa shape index (κ3) is 3.93. The molecule has 1 aliphatic rings. The van der Waals surface area contributed by atoms with Gasteiger partial charge in [0.2, 0.25) is 10.0 Å². The molecule has 0 spiro atoms. The number of ether oxygens (including phenoxy) is 1. The second-order valence-electron chi connectivity index (χ2n) is 4.98. The molecule has 1 fully saturated rings. The molecule has 0 amide bonds. The van der Waals surface area contributed by atoms with Crippen molar-refractivity contribution in [2.24, 2.45) is 5.14 Å². The van der Waals surface area contributed by atoms with Gasteiger partial charge in [-0.3, -0.25) is 0 Å². The van der Waals surface area contributed by atoms with E-state index in [9.17, 15) is 17.6 Å². The maximum atomic E-state index is 13.6. The Morgan fingerprint density at radius 2 is 1.90 bits per heavy atom. The summed E-state index contributed by atoms with van der Waals surface area (Å²) < 4.78 is 41.5. The lowest BCUT2D eigenvalue weighted by molar-refractivity contribution is 0.0210. The third-order valence-electron chi connectivity index (χ3n) is 3.38. The predicted molar refractivity (Wildman–Crippen MR) is 75.1 cm³/mol. The lowest BCUT2D eigenvalue weighted by Crippen LogP contribution is -2.22. The Bertz CT molecular complexity index is 656. The van der Waals surface area contributed by atoms with Crippen LogP contribution in [0.1, 0.15) is 42.5 Å². The quantitative estimate of drug-likeness (QED) is 0.860. The first kappa shape index (κ1) is 16.2. The maximum absolute atomic E-state index is 13.6. The van der Waals surface area contributed by atoms with Crippen molar-refractivity contribution < 1.29 is 22.3 Å². The van der Waals surface area contributed by atoms with Crippen LogP contribution >= 0.6 is 11.6 Å². The zero-order chi connectivity index (χ0) is 15.6. The molecular weight excluding hydrogens is 321 g/mol. The molecule has 0 aliphatic heterocycles. The number of carbonyl (C=O) groups is 1. The molecule has 0 aromatic heterocycles. The van der Waals surface area contributed by atoms with Gasteiger partial charge in [-0.2, -0.15) is 0 Å². The van der Waals surface area contributed by atoms with E-state index in [2.05, 4.69) is 0 Å². The van der Waals surface area contributed by atoms with Crippen molar-refractivity contribution in [2.75, 3.05) is 0 Å². The first-order valence-corrected chi connectivity index (χ1v) is 8.44. The Kier molecular flexibility index (Phi) is 4.85. The van der Waals surface area contributed by atoms with Crippen LogP contribution in [0, 0.1) is 5.82 Å². The van der Waals surface area contributed by atoms with Crippen molar-refractivity contribution >= 4 is 27.6 Å². The van der Waals surface area contributed by atoms with Gasteiger partial charge in [-0.1, -0.05) is 18.0 Å². The van der Waals surface area contributed by atoms with E-state index in [-0.39, 0.29) is 11.7 Å². The summed E-state index contributed by atoms with van der Waals surface area (Å²) in [5.41, 5.74) is -0.328. The highest BCUT2D eigenvalue weighted by molar-refractivity contribution is 7.89. The molecule has 21 heavy (non-hydrogen) atoms. The summed E-state index contributed by atoms with van der Waals surface area (Å²) in [6.45, 7) is 0. The molecule has 0 radical (unpaired) electrons. The number of hydrogen-bond donors (Lipinski definition) is 1. The summed E-state index contributed by atoms with van der Waals surface area (Å²) in [5.74, 6) is -1.87. The van der Waals surface area contributed by atoms with Crippen LogP contribution in [0.2, 0.25) is 5.02 Å². The van der Waals surface area contributed by atoms with Gasteiger partial charge < -0.3 is 4.74 Å². The van der Waals surface area contributed by atoms with Gasteiger partial charge in [0.25, 0.3) is 0 Å². The lowest BCUT2D eigenvalue weighted by Gasteiger charge is -2.22. The maximum Gasteiger partial charge on any atom is 0.340 e. The van der Waals surface area contributed by atoms with Crippen LogP contribution in [-0.4, -0.2) is 20.5 Å². The van der Waals surface area contributed by atoms with Crippen molar-refractivity contribution in [3.8, 4) is 0 Å². The Morgan fingerprint density at radius 3 is 2.48 bits per heavy atom. The van der Waals surface area contributed by atoms with Gasteiger partial charge in [0.05, 0.1) is 15.5 Å². The summed E-state index contributed by atoms with van der Waals surface area (Å²) in [5, 5.41) is 4.47. The molecule has 1 saturated carbocycles. The molecular formula is C13H15ClFNO4S. The van der Waals surface area contributed by atoms with E-state index in [4.69, 9.17) is 21.5 Å². The van der Waals surface area contributed by atoms with Gasteiger partial charge in [-0.05, 0) is 37.8 Å². The van der Waals surface area contributed by atoms with Crippen LogP contribution in [0.25, 0.3) is 0 Å². The van der Waals surface area contributed by atoms with E-state index < -0.39 is 31.7 Å². The third-order valence-corrected chi connectivity index (χ3v) is 4.65. The van der Waals surface area contributed by atoms with Crippen molar-refractivity contribution in [3.05, 3.63) is 28.5 Å². The van der Waals surface area contributed by atoms with Crippen LogP contribution in [0.15, 0.2) is 17.0 Å². The van der Waals surface area contributed by atoms with Crippen LogP contribution in [-0.2, 0) is 14.8 Å². The largest absolute Gasteiger partial charge is 0.459 e. The lowest BCUT2D eigenvalue weighted by atomic mass is 9.98. The first-order chi connectivity index (χ1) is 9.79. The Hall–Kier alpha value is -1.18. The molecule has 0 heterocycles. The summed E-state index contributed by atoms with van der Waals surface area (Å²) in [7, 11) is -4.14. The molecule has 116 valence electrons. The molecule has 1 aliphatic carbocycles. The molecule has 1 aromatic rings. The number of carbonyl (C=O) groups excluding carboxylic acids is 1. The molecule has 8 heteroatoms. The molecule has 5 nitrogen and oxygen atoms in total. The van der Waals surface area contributed by atoms with E-state index >= 15 is 0 Å². The fourth-order valence-electron chi connectivity index (χ4n) is 2.27. The number of primary sulfonamides is 1. The normalized spacial score (nSPS) is 16.7. The van der Waals surface area contributed by atoms with Gasteiger partial charge in [0.15, 0.2) is 0 Å². The minimum Gasteiger partial charge on any atom is -0.459 e. The number of halogens is 2. The SMILES string of the molecule is NS(=O)(=O)c1cc(F)c(Cl)c(C(=O)OC2CCCCC2)c1. The Balaban J connectivity index is 2.29. The Labute approximate surface area is 127 Å². The molecule has 0 atom stereocenters. The molecule has 2 rings (SSSR count). The molecule has 1 aromatic carbocycles. The number of hydrogen-bond acceptors (Lipinski definition) is 4. The van der Waals surface area contributed by atoms with E-state index in [1.165, 1.54) is 0 Å². The Morgan fingerprint density at radius 1 is 1.29 bits per heavy atom.